The third-order valence-electron chi connectivity index (χ3n) is 6.91. The van der Waals surface area contributed by atoms with Gasteiger partial charge in [0.2, 0.25) is 0 Å². The van der Waals surface area contributed by atoms with Crippen LogP contribution in [0.4, 0.5) is 26.3 Å². The number of aromatic nitrogens is 2. The van der Waals surface area contributed by atoms with Gasteiger partial charge in [-0.25, -0.2) is 14.6 Å². The number of likely N-dealkylation sites (tertiary alicyclic amines) is 1. The number of hydrogen-bond acceptors (Lipinski definition) is 6. The smallest absolute Gasteiger partial charge is 0.490 e. The summed E-state index contributed by atoms with van der Waals surface area (Å²) in [5, 5.41) is 18.1. The summed E-state index contributed by atoms with van der Waals surface area (Å²) in [5.74, 6) is -3.38. The van der Waals surface area contributed by atoms with E-state index in [-0.39, 0.29) is 5.54 Å². The molecule has 0 bridgehead atoms. The molecule has 1 fully saturated rings. The number of hydrogen-bond donors (Lipinski definition) is 3. The van der Waals surface area contributed by atoms with Crippen LogP contribution >= 0.6 is 0 Å². The van der Waals surface area contributed by atoms with E-state index in [4.69, 9.17) is 29.5 Å². The Kier molecular flexibility index (Phi) is 10.8. The van der Waals surface area contributed by atoms with Gasteiger partial charge in [-0.05, 0) is 36.1 Å². The van der Waals surface area contributed by atoms with Gasteiger partial charge in [0.1, 0.15) is 11.6 Å². The summed E-state index contributed by atoms with van der Waals surface area (Å²) in [6.07, 6.45) is -5.92. The number of piperidine rings is 1. The monoisotopic (exact) mass is 616 g/mol. The summed E-state index contributed by atoms with van der Waals surface area (Å²) in [6.45, 7) is 5.13. The summed E-state index contributed by atoms with van der Waals surface area (Å²) in [4.78, 5) is 25.2. The maximum absolute atomic E-state index is 10.6. The highest BCUT2D eigenvalue weighted by molar-refractivity contribution is 5.73. The Bertz CT molecular complexity index is 1330. The molecule has 3 N–H and O–H groups in total. The minimum Gasteiger partial charge on any atom is -0.497 e. The fourth-order valence-electron chi connectivity index (χ4n) is 4.79. The predicted octanol–water partition coefficient (Wildman–Crippen LogP) is 4.92. The average molecular weight is 617 g/mol. The van der Waals surface area contributed by atoms with E-state index in [1.54, 1.807) is 7.11 Å². The van der Waals surface area contributed by atoms with Crippen molar-refractivity contribution in [2.75, 3.05) is 26.7 Å². The van der Waals surface area contributed by atoms with Crippen LogP contribution in [0.3, 0.4) is 0 Å². The van der Waals surface area contributed by atoms with Crippen LogP contribution in [0.5, 0.6) is 5.75 Å². The molecule has 0 saturated carbocycles. The number of alkyl halides is 6. The lowest BCUT2D eigenvalue weighted by molar-refractivity contribution is -0.193. The lowest BCUT2D eigenvalue weighted by Gasteiger charge is -2.44. The molecule has 9 nitrogen and oxygen atoms in total. The maximum atomic E-state index is 10.6. The first kappa shape index (κ1) is 33.4. The zero-order valence-corrected chi connectivity index (χ0v) is 23.0. The Hall–Kier alpha value is -4.11. The molecule has 0 atom stereocenters. The second kappa shape index (κ2) is 13.9. The van der Waals surface area contributed by atoms with Gasteiger partial charge in [0.15, 0.2) is 0 Å². The molecule has 234 valence electrons. The van der Waals surface area contributed by atoms with Crippen molar-refractivity contribution in [3.8, 4) is 17.0 Å². The minimum atomic E-state index is -5.08. The molecule has 0 radical (unpaired) electrons. The van der Waals surface area contributed by atoms with Crippen molar-refractivity contribution >= 4 is 11.9 Å². The van der Waals surface area contributed by atoms with Crippen LogP contribution in [-0.4, -0.2) is 75.7 Å². The van der Waals surface area contributed by atoms with Crippen LogP contribution in [0.15, 0.2) is 60.8 Å². The normalized spacial score (nSPS) is 16.2. The minimum absolute atomic E-state index is 0.00168. The fourth-order valence-corrected chi connectivity index (χ4v) is 4.79. The topological polar surface area (TPSA) is 117 Å². The van der Waals surface area contributed by atoms with Crippen molar-refractivity contribution in [2.24, 2.45) is 0 Å². The van der Waals surface area contributed by atoms with Gasteiger partial charge in [0, 0.05) is 32.7 Å². The Morgan fingerprint density at radius 3 is 1.93 bits per heavy atom. The van der Waals surface area contributed by atoms with Gasteiger partial charge >= 0.3 is 24.3 Å². The van der Waals surface area contributed by atoms with E-state index in [0.717, 1.165) is 51.3 Å². The molecule has 3 aromatic rings. The van der Waals surface area contributed by atoms with E-state index in [1.165, 1.54) is 22.6 Å². The molecular weight excluding hydrogens is 586 g/mol. The number of rotatable bonds is 4. The Labute approximate surface area is 242 Å². The van der Waals surface area contributed by atoms with Crippen molar-refractivity contribution < 1.29 is 50.9 Å². The predicted molar refractivity (Wildman–Crippen MR) is 142 cm³/mol. The molecule has 2 aliphatic heterocycles. The standard InChI is InChI=1S/C24H28N4O.2C2HF3O2/c1-29-21-9-7-19(8-10-21)18-27-14-11-24(12-15-27)23-25-17-22(28(23)16-13-26-24)20-5-3-2-4-6-20;2*3-2(4,5)1(6)7/h2-10,17,26H,11-16,18H2,1H3;2*(H,6,7). The van der Waals surface area contributed by atoms with E-state index in [0.29, 0.717) is 0 Å². The highest BCUT2D eigenvalue weighted by atomic mass is 19.4. The van der Waals surface area contributed by atoms with Crippen LogP contribution in [0, 0.1) is 0 Å². The number of carbonyl (C=O) groups is 2. The molecule has 0 aliphatic carbocycles. The molecular formula is C28H30F6N4O5. The van der Waals surface area contributed by atoms with Gasteiger partial charge in [-0.1, -0.05) is 42.5 Å². The first-order valence-electron chi connectivity index (χ1n) is 13.0. The van der Waals surface area contributed by atoms with E-state index in [1.807, 2.05) is 12.1 Å². The molecule has 43 heavy (non-hydrogen) atoms. The van der Waals surface area contributed by atoms with Crippen LogP contribution in [0.2, 0.25) is 0 Å². The first-order chi connectivity index (χ1) is 20.2. The molecule has 1 saturated heterocycles. The number of imidazole rings is 1. The highest BCUT2D eigenvalue weighted by Gasteiger charge is 2.42. The molecule has 5 rings (SSSR count). The van der Waals surface area contributed by atoms with Crippen molar-refractivity contribution in [3.63, 3.8) is 0 Å². The molecule has 3 heterocycles. The lowest BCUT2D eigenvalue weighted by atomic mass is 9.85. The SMILES string of the molecule is COc1ccc(CN2CCC3(CC2)NCCn2c(-c4ccccc4)cnc23)cc1.O=C(O)C(F)(F)F.O=C(O)C(F)(F)F. The molecule has 1 aromatic heterocycles. The highest BCUT2D eigenvalue weighted by Crippen LogP contribution is 2.37. The number of ether oxygens (including phenoxy) is 1. The largest absolute Gasteiger partial charge is 0.497 e. The molecule has 0 unspecified atom stereocenters. The van der Waals surface area contributed by atoms with Crippen molar-refractivity contribution in [1.29, 1.82) is 0 Å². The molecule has 2 aliphatic rings. The third-order valence-corrected chi connectivity index (χ3v) is 6.91. The Morgan fingerprint density at radius 2 is 1.44 bits per heavy atom. The van der Waals surface area contributed by atoms with Crippen LogP contribution < -0.4 is 10.1 Å². The maximum Gasteiger partial charge on any atom is 0.490 e. The summed E-state index contributed by atoms with van der Waals surface area (Å²) in [5.41, 5.74) is 3.83. The van der Waals surface area contributed by atoms with Crippen molar-refractivity contribution in [2.45, 2.75) is 43.8 Å². The number of nitrogens with zero attached hydrogens (tertiary/aromatic N) is 3. The summed E-state index contributed by atoms with van der Waals surface area (Å²) >= 11 is 0. The van der Waals surface area contributed by atoms with Gasteiger partial charge in [-0.15, -0.1) is 0 Å². The van der Waals surface area contributed by atoms with Gasteiger partial charge in [-0.2, -0.15) is 26.3 Å². The number of benzene rings is 2. The number of aliphatic carboxylic acids is 2. The van der Waals surface area contributed by atoms with Gasteiger partial charge in [-0.3, -0.25) is 4.90 Å². The first-order valence-corrected chi connectivity index (χ1v) is 13.0. The van der Waals surface area contributed by atoms with Crippen LogP contribution in [0.1, 0.15) is 24.2 Å². The van der Waals surface area contributed by atoms with E-state index in [9.17, 15) is 26.3 Å². The summed E-state index contributed by atoms with van der Waals surface area (Å²) < 4.78 is 71.2. The molecule has 2 aromatic carbocycles. The third kappa shape index (κ3) is 8.94. The summed E-state index contributed by atoms with van der Waals surface area (Å²) in [7, 11) is 1.71. The average Bonchev–Trinajstić information content (AvgIpc) is 3.41. The van der Waals surface area contributed by atoms with E-state index in [2.05, 4.69) is 63.4 Å². The van der Waals surface area contributed by atoms with E-state index >= 15 is 0 Å². The molecule has 15 heteroatoms. The summed E-state index contributed by atoms with van der Waals surface area (Å²) in [6, 6.07) is 19.1. The zero-order valence-electron chi connectivity index (χ0n) is 23.0. The quantitative estimate of drug-likeness (QED) is 0.354. The van der Waals surface area contributed by atoms with Gasteiger partial charge in [0.05, 0.1) is 24.5 Å². The van der Waals surface area contributed by atoms with Crippen LogP contribution in [-0.2, 0) is 28.2 Å². The number of halogens is 6. The van der Waals surface area contributed by atoms with Crippen molar-refractivity contribution in [1.82, 2.24) is 19.8 Å². The van der Waals surface area contributed by atoms with Gasteiger partial charge in [0.25, 0.3) is 0 Å². The van der Waals surface area contributed by atoms with Crippen molar-refractivity contribution in [3.05, 3.63) is 72.2 Å². The number of carboxylic acid groups (broad SMARTS) is 2. The Balaban J connectivity index is 0.000000303. The zero-order chi connectivity index (χ0) is 31.8. The fraction of sp³-hybridized carbons (Fsp3) is 0.393. The lowest BCUT2D eigenvalue weighted by Crippen LogP contribution is -2.55. The number of methoxy groups -OCH3 is 1. The number of fused-ring (bicyclic) bond motifs is 2. The second-order valence-corrected chi connectivity index (χ2v) is 9.72. The number of carboxylic acids is 2. The number of nitrogens with one attached hydrogen (secondary N) is 1. The van der Waals surface area contributed by atoms with E-state index < -0.39 is 24.3 Å². The van der Waals surface area contributed by atoms with Crippen LogP contribution in [0.25, 0.3) is 11.3 Å². The van der Waals surface area contributed by atoms with Gasteiger partial charge < -0.3 is 24.8 Å². The molecule has 0 amide bonds. The second-order valence-electron chi connectivity index (χ2n) is 9.72. The molecule has 1 spiro atoms. The Morgan fingerprint density at radius 1 is 0.907 bits per heavy atom.